The predicted molar refractivity (Wildman–Crippen MR) is 73.0 cm³/mol. The molecule has 1 aliphatic rings. The molecule has 0 aromatic heterocycles. The number of nitrogens with one attached hydrogen (secondary N) is 1. The van der Waals surface area contributed by atoms with Crippen molar-refractivity contribution in [2.75, 3.05) is 13.7 Å². The van der Waals surface area contributed by atoms with Gasteiger partial charge in [0.2, 0.25) is 0 Å². The Balaban J connectivity index is 2.07. The van der Waals surface area contributed by atoms with Gasteiger partial charge in [-0.15, -0.1) is 0 Å². The fraction of sp³-hybridized carbons (Fsp3) is 0.250. The van der Waals surface area contributed by atoms with Gasteiger partial charge in [-0.3, -0.25) is 0 Å². The van der Waals surface area contributed by atoms with Crippen molar-refractivity contribution >= 4 is 0 Å². The van der Waals surface area contributed by atoms with E-state index in [1.807, 2.05) is 6.07 Å². The first kappa shape index (κ1) is 11.3. The standard InChI is InChI=1S/C16H17NO/c1-18-15-9-5-8-14-13(15)10-11-17-16(14)12-6-3-2-4-7-12/h2-9,16-17H,10-11H2,1H3/t16-/m0/s1. The SMILES string of the molecule is COc1cccc2c1CCN[C@H]2c1ccccc1. The number of methoxy groups -OCH3 is 1. The number of fused-ring (bicyclic) bond motifs is 1. The largest absolute Gasteiger partial charge is 0.496 e. The van der Waals surface area contributed by atoms with E-state index in [0.29, 0.717) is 0 Å². The summed E-state index contributed by atoms with van der Waals surface area (Å²) in [6.45, 7) is 0.993. The van der Waals surface area contributed by atoms with Gasteiger partial charge >= 0.3 is 0 Å². The van der Waals surface area contributed by atoms with Crippen molar-refractivity contribution in [2.45, 2.75) is 12.5 Å². The lowest BCUT2D eigenvalue weighted by Gasteiger charge is -2.28. The van der Waals surface area contributed by atoms with Gasteiger partial charge in [0.05, 0.1) is 13.2 Å². The summed E-state index contributed by atoms with van der Waals surface area (Å²) in [5.74, 6) is 1.01. The Morgan fingerprint density at radius 3 is 2.67 bits per heavy atom. The van der Waals surface area contributed by atoms with Crippen molar-refractivity contribution in [1.29, 1.82) is 0 Å². The Morgan fingerprint density at radius 2 is 1.89 bits per heavy atom. The molecule has 1 heterocycles. The van der Waals surface area contributed by atoms with Crippen LogP contribution in [-0.2, 0) is 6.42 Å². The van der Waals surface area contributed by atoms with Gasteiger partial charge in [-0.1, -0.05) is 42.5 Å². The summed E-state index contributed by atoms with van der Waals surface area (Å²) in [5.41, 5.74) is 3.99. The zero-order chi connectivity index (χ0) is 12.4. The second-order valence-electron chi connectivity index (χ2n) is 4.58. The summed E-state index contributed by atoms with van der Waals surface area (Å²) in [4.78, 5) is 0. The Hall–Kier alpha value is -1.80. The topological polar surface area (TPSA) is 21.3 Å². The molecule has 0 saturated carbocycles. The van der Waals surface area contributed by atoms with Crippen molar-refractivity contribution in [2.24, 2.45) is 0 Å². The molecule has 0 saturated heterocycles. The summed E-state index contributed by atoms with van der Waals surface area (Å²) in [6.07, 6.45) is 1.03. The molecule has 2 heteroatoms. The van der Waals surface area contributed by atoms with Crippen LogP contribution in [0.25, 0.3) is 0 Å². The second-order valence-corrected chi connectivity index (χ2v) is 4.58. The minimum Gasteiger partial charge on any atom is -0.496 e. The van der Waals surface area contributed by atoms with Gasteiger partial charge in [0.15, 0.2) is 0 Å². The lowest BCUT2D eigenvalue weighted by molar-refractivity contribution is 0.403. The fourth-order valence-corrected chi connectivity index (χ4v) is 2.71. The van der Waals surface area contributed by atoms with E-state index in [9.17, 15) is 0 Å². The molecular weight excluding hydrogens is 222 g/mol. The highest BCUT2D eigenvalue weighted by atomic mass is 16.5. The van der Waals surface area contributed by atoms with E-state index >= 15 is 0 Å². The van der Waals surface area contributed by atoms with E-state index in [-0.39, 0.29) is 6.04 Å². The third-order valence-electron chi connectivity index (χ3n) is 3.56. The van der Waals surface area contributed by atoms with E-state index in [2.05, 4.69) is 47.8 Å². The van der Waals surface area contributed by atoms with Crippen molar-refractivity contribution in [3.05, 3.63) is 65.2 Å². The van der Waals surface area contributed by atoms with Crippen LogP contribution in [0, 0.1) is 0 Å². The maximum Gasteiger partial charge on any atom is 0.122 e. The second kappa shape index (κ2) is 4.83. The molecule has 1 aliphatic heterocycles. The van der Waals surface area contributed by atoms with Crippen molar-refractivity contribution < 1.29 is 4.74 Å². The molecule has 0 fully saturated rings. The van der Waals surface area contributed by atoms with Crippen LogP contribution in [0.15, 0.2) is 48.5 Å². The van der Waals surface area contributed by atoms with Gasteiger partial charge in [-0.05, 0) is 23.6 Å². The van der Waals surface area contributed by atoms with Crippen LogP contribution >= 0.6 is 0 Å². The molecule has 0 bridgehead atoms. The first-order chi connectivity index (χ1) is 8.90. The lowest BCUT2D eigenvalue weighted by atomic mass is 9.89. The molecule has 1 atom stereocenters. The number of hydrogen-bond acceptors (Lipinski definition) is 2. The monoisotopic (exact) mass is 239 g/mol. The number of ether oxygens (including phenoxy) is 1. The van der Waals surface area contributed by atoms with Crippen LogP contribution in [0.4, 0.5) is 0 Å². The number of benzene rings is 2. The maximum atomic E-state index is 5.47. The zero-order valence-electron chi connectivity index (χ0n) is 10.5. The average molecular weight is 239 g/mol. The minimum atomic E-state index is 0.282. The summed E-state index contributed by atoms with van der Waals surface area (Å²) in [5, 5.41) is 3.59. The molecule has 1 N–H and O–H groups in total. The molecule has 0 radical (unpaired) electrons. The molecule has 92 valence electrons. The summed E-state index contributed by atoms with van der Waals surface area (Å²) in [6, 6.07) is 17.2. The van der Waals surface area contributed by atoms with Gasteiger partial charge in [0.25, 0.3) is 0 Å². The van der Waals surface area contributed by atoms with E-state index in [1.165, 1.54) is 16.7 Å². The minimum absolute atomic E-state index is 0.282. The third-order valence-corrected chi connectivity index (χ3v) is 3.56. The Labute approximate surface area is 108 Å². The first-order valence-corrected chi connectivity index (χ1v) is 6.34. The van der Waals surface area contributed by atoms with E-state index in [1.54, 1.807) is 7.11 Å². The molecule has 18 heavy (non-hydrogen) atoms. The lowest BCUT2D eigenvalue weighted by Crippen LogP contribution is -2.30. The third kappa shape index (κ3) is 1.89. The van der Waals surface area contributed by atoms with Crippen molar-refractivity contribution in [3.8, 4) is 5.75 Å². The highest BCUT2D eigenvalue weighted by molar-refractivity contribution is 5.47. The van der Waals surface area contributed by atoms with Gasteiger partial charge in [-0.25, -0.2) is 0 Å². The van der Waals surface area contributed by atoms with E-state index in [0.717, 1.165) is 18.7 Å². The van der Waals surface area contributed by atoms with Gasteiger partial charge in [-0.2, -0.15) is 0 Å². The summed E-state index contributed by atoms with van der Waals surface area (Å²) >= 11 is 0. The molecule has 0 aliphatic carbocycles. The van der Waals surface area contributed by atoms with Crippen molar-refractivity contribution in [3.63, 3.8) is 0 Å². The van der Waals surface area contributed by atoms with Crippen LogP contribution in [0.3, 0.4) is 0 Å². The molecular formula is C16H17NO. The average Bonchev–Trinajstić information content (AvgIpc) is 2.47. The van der Waals surface area contributed by atoms with Gasteiger partial charge < -0.3 is 10.1 Å². The first-order valence-electron chi connectivity index (χ1n) is 6.34. The number of rotatable bonds is 2. The van der Waals surface area contributed by atoms with Crippen molar-refractivity contribution in [1.82, 2.24) is 5.32 Å². The van der Waals surface area contributed by atoms with E-state index in [4.69, 9.17) is 4.74 Å². The summed E-state index contributed by atoms with van der Waals surface area (Å²) in [7, 11) is 1.75. The maximum absolute atomic E-state index is 5.47. The smallest absolute Gasteiger partial charge is 0.122 e. The zero-order valence-corrected chi connectivity index (χ0v) is 10.5. The quantitative estimate of drug-likeness (QED) is 0.870. The molecule has 0 amide bonds. The van der Waals surface area contributed by atoms with Gasteiger partial charge in [0, 0.05) is 12.1 Å². The molecule has 3 rings (SSSR count). The van der Waals surface area contributed by atoms with Gasteiger partial charge in [0.1, 0.15) is 5.75 Å². The Morgan fingerprint density at radius 1 is 1.06 bits per heavy atom. The van der Waals surface area contributed by atoms with Crippen LogP contribution in [0.2, 0.25) is 0 Å². The Kier molecular flexibility index (Phi) is 3.03. The molecule has 2 nitrogen and oxygen atoms in total. The number of hydrogen-bond donors (Lipinski definition) is 1. The normalized spacial score (nSPS) is 18.2. The Bertz CT molecular complexity index is 536. The highest BCUT2D eigenvalue weighted by Crippen LogP contribution is 2.33. The molecule has 2 aromatic rings. The van der Waals surface area contributed by atoms with Crippen LogP contribution in [-0.4, -0.2) is 13.7 Å². The molecule has 0 unspecified atom stereocenters. The fourth-order valence-electron chi connectivity index (χ4n) is 2.71. The van der Waals surface area contributed by atoms with E-state index < -0.39 is 0 Å². The molecule has 0 spiro atoms. The predicted octanol–water partition coefficient (Wildman–Crippen LogP) is 2.93. The van der Waals surface area contributed by atoms with Crippen LogP contribution in [0.1, 0.15) is 22.7 Å². The molecule has 2 aromatic carbocycles. The van der Waals surface area contributed by atoms with Crippen LogP contribution < -0.4 is 10.1 Å². The highest BCUT2D eigenvalue weighted by Gasteiger charge is 2.23. The summed E-state index contributed by atoms with van der Waals surface area (Å²) < 4.78 is 5.47. The van der Waals surface area contributed by atoms with Crippen LogP contribution in [0.5, 0.6) is 5.75 Å².